The molecule has 0 aromatic carbocycles. The first-order valence-corrected chi connectivity index (χ1v) is 13.7. The Morgan fingerprint density at radius 1 is 0.480 bits per heavy atom. The summed E-state index contributed by atoms with van der Waals surface area (Å²) in [5.41, 5.74) is 0. The fraction of sp³-hybridized carbons (Fsp3) is 1.00. The first-order chi connectivity index (χ1) is 11.7. The van der Waals surface area contributed by atoms with Gasteiger partial charge in [0.1, 0.15) is 0 Å². The summed E-state index contributed by atoms with van der Waals surface area (Å²) in [5, 5.41) is 8.80. The van der Waals surface area contributed by atoms with E-state index < -0.39 is 7.26 Å². The maximum atomic E-state index is 8.80. The topological polar surface area (TPSA) is 20.2 Å². The third-order valence-corrected chi connectivity index (χ3v) is 10.6. The second-order valence-corrected chi connectivity index (χ2v) is 12.3. The Morgan fingerprint density at radius 2 is 0.800 bits per heavy atom. The Morgan fingerprint density at radius 3 is 1.16 bits per heavy atom. The van der Waals surface area contributed by atoms with E-state index in [2.05, 4.69) is 20.8 Å². The van der Waals surface area contributed by atoms with Crippen molar-refractivity contribution in [3.05, 3.63) is 0 Å². The minimum Gasteiger partial charge on any atom is -1.00 e. The van der Waals surface area contributed by atoms with Crippen molar-refractivity contribution >= 4 is 7.26 Å². The average Bonchev–Trinajstić information content (AvgIpc) is 2.61. The van der Waals surface area contributed by atoms with Crippen molar-refractivity contribution in [3.8, 4) is 0 Å². The lowest BCUT2D eigenvalue weighted by molar-refractivity contribution is -0.00000661. The predicted octanol–water partition coefficient (Wildman–Crippen LogP) is 4.52. The SMILES string of the molecule is CCCC[P+](CCCC)(CCCC)CCCCCCCCCCO.[Cl-]. The molecule has 3 heteroatoms. The van der Waals surface area contributed by atoms with Gasteiger partial charge in [-0.3, -0.25) is 0 Å². The van der Waals surface area contributed by atoms with Crippen LogP contribution in [-0.2, 0) is 0 Å². The van der Waals surface area contributed by atoms with Crippen molar-refractivity contribution in [1.82, 2.24) is 0 Å². The second kappa shape index (κ2) is 21.0. The van der Waals surface area contributed by atoms with Crippen LogP contribution in [0.2, 0.25) is 0 Å². The zero-order valence-electron chi connectivity index (χ0n) is 17.7. The van der Waals surface area contributed by atoms with Crippen LogP contribution in [0.1, 0.15) is 111 Å². The van der Waals surface area contributed by atoms with Crippen molar-refractivity contribution in [2.75, 3.05) is 31.3 Å². The monoisotopic (exact) mass is 394 g/mol. The highest BCUT2D eigenvalue weighted by Crippen LogP contribution is 2.61. The fourth-order valence-corrected chi connectivity index (χ4v) is 8.97. The maximum absolute atomic E-state index is 8.80. The summed E-state index contributed by atoms with van der Waals surface area (Å²) in [6, 6.07) is 0. The lowest BCUT2D eigenvalue weighted by Gasteiger charge is -2.28. The highest BCUT2D eigenvalue weighted by molar-refractivity contribution is 7.75. The minimum absolute atomic E-state index is 0. The molecule has 0 atom stereocenters. The van der Waals surface area contributed by atoms with E-state index in [1.165, 1.54) is 83.5 Å². The maximum Gasteiger partial charge on any atom is 0.0594 e. The Labute approximate surface area is 166 Å². The second-order valence-electron chi connectivity index (χ2n) is 7.85. The zero-order valence-corrected chi connectivity index (χ0v) is 19.4. The largest absolute Gasteiger partial charge is 1.00 e. The molecular formula is C22H48ClOP. The fourth-order valence-electron chi connectivity index (χ4n) is 3.77. The molecule has 0 bridgehead atoms. The highest BCUT2D eigenvalue weighted by Gasteiger charge is 2.34. The van der Waals surface area contributed by atoms with Gasteiger partial charge in [0.25, 0.3) is 0 Å². The Kier molecular flexibility index (Phi) is 23.4. The summed E-state index contributed by atoms with van der Waals surface area (Å²) in [5.74, 6) is 0. The number of hydrogen-bond donors (Lipinski definition) is 1. The quantitative estimate of drug-likeness (QED) is 0.252. The summed E-state index contributed by atoms with van der Waals surface area (Å²) in [6.45, 7) is 7.47. The zero-order chi connectivity index (χ0) is 17.9. The molecule has 0 aromatic heterocycles. The number of rotatable bonds is 19. The summed E-state index contributed by atoms with van der Waals surface area (Å²) in [4.78, 5) is 0. The van der Waals surface area contributed by atoms with Gasteiger partial charge >= 0.3 is 0 Å². The minimum atomic E-state index is -0.644. The van der Waals surface area contributed by atoms with Crippen LogP contribution in [0, 0.1) is 0 Å². The van der Waals surface area contributed by atoms with Crippen LogP contribution in [0.25, 0.3) is 0 Å². The molecule has 1 nitrogen and oxygen atoms in total. The van der Waals surface area contributed by atoms with Gasteiger partial charge in [-0.25, -0.2) is 0 Å². The molecule has 0 amide bonds. The molecule has 0 aliphatic rings. The van der Waals surface area contributed by atoms with Crippen LogP contribution in [0.4, 0.5) is 0 Å². The summed E-state index contributed by atoms with van der Waals surface area (Å²) >= 11 is 0. The van der Waals surface area contributed by atoms with Crippen LogP contribution in [0.5, 0.6) is 0 Å². The van der Waals surface area contributed by atoms with E-state index in [0.717, 1.165) is 6.42 Å². The normalized spacial score (nSPS) is 11.5. The summed E-state index contributed by atoms with van der Waals surface area (Å²) in [6.07, 6.45) is 25.7. The van der Waals surface area contributed by atoms with Gasteiger partial charge in [-0.1, -0.05) is 72.1 Å². The molecule has 0 spiro atoms. The molecule has 0 rings (SSSR count). The van der Waals surface area contributed by atoms with Crippen molar-refractivity contribution in [1.29, 1.82) is 0 Å². The van der Waals surface area contributed by atoms with E-state index in [1.807, 2.05) is 0 Å². The van der Waals surface area contributed by atoms with Gasteiger partial charge in [-0.05, 0) is 38.5 Å². The van der Waals surface area contributed by atoms with Crippen LogP contribution in [0.15, 0.2) is 0 Å². The highest BCUT2D eigenvalue weighted by atomic mass is 35.5. The van der Waals surface area contributed by atoms with Gasteiger partial charge in [-0.15, -0.1) is 0 Å². The van der Waals surface area contributed by atoms with Crippen LogP contribution < -0.4 is 12.4 Å². The Balaban J connectivity index is 0. The van der Waals surface area contributed by atoms with Gasteiger partial charge in [0, 0.05) is 13.9 Å². The van der Waals surface area contributed by atoms with E-state index in [9.17, 15) is 0 Å². The van der Waals surface area contributed by atoms with Crippen molar-refractivity contribution in [3.63, 3.8) is 0 Å². The lowest BCUT2D eigenvalue weighted by Crippen LogP contribution is -3.00. The Bertz CT molecular complexity index is 226. The third-order valence-electron chi connectivity index (χ3n) is 5.50. The van der Waals surface area contributed by atoms with Gasteiger partial charge in [0.15, 0.2) is 0 Å². The molecule has 0 radical (unpaired) electrons. The molecular weight excluding hydrogens is 347 g/mol. The predicted molar refractivity (Wildman–Crippen MR) is 115 cm³/mol. The van der Waals surface area contributed by atoms with Crippen molar-refractivity contribution in [2.24, 2.45) is 0 Å². The molecule has 0 fully saturated rings. The molecule has 0 saturated heterocycles. The number of hydrogen-bond acceptors (Lipinski definition) is 1. The first kappa shape index (κ1) is 27.9. The van der Waals surface area contributed by atoms with Crippen LogP contribution >= 0.6 is 7.26 Å². The van der Waals surface area contributed by atoms with E-state index in [4.69, 9.17) is 5.11 Å². The first-order valence-electron chi connectivity index (χ1n) is 11.2. The van der Waals surface area contributed by atoms with E-state index in [-0.39, 0.29) is 12.4 Å². The summed E-state index contributed by atoms with van der Waals surface area (Å²) in [7, 11) is -0.644. The van der Waals surface area contributed by atoms with E-state index in [1.54, 1.807) is 24.6 Å². The molecule has 0 aliphatic heterocycles. The lowest BCUT2D eigenvalue weighted by atomic mass is 10.1. The van der Waals surface area contributed by atoms with Crippen LogP contribution in [0.3, 0.4) is 0 Å². The molecule has 154 valence electrons. The number of halogens is 1. The van der Waals surface area contributed by atoms with E-state index >= 15 is 0 Å². The molecule has 0 saturated carbocycles. The smallest absolute Gasteiger partial charge is 0.0594 e. The number of unbranched alkanes of at least 4 members (excludes halogenated alkanes) is 10. The molecule has 25 heavy (non-hydrogen) atoms. The van der Waals surface area contributed by atoms with E-state index in [0.29, 0.717) is 6.61 Å². The van der Waals surface area contributed by atoms with Crippen molar-refractivity contribution < 1.29 is 17.5 Å². The molecule has 1 N–H and O–H groups in total. The molecule has 0 unspecified atom stereocenters. The third kappa shape index (κ3) is 16.6. The van der Waals surface area contributed by atoms with Gasteiger partial charge in [0.2, 0.25) is 0 Å². The number of aliphatic hydroxyl groups excluding tert-OH is 1. The van der Waals surface area contributed by atoms with Gasteiger partial charge < -0.3 is 17.5 Å². The Hall–Kier alpha value is 0.680. The van der Waals surface area contributed by atoms with Crippen LogP contribution in [-0.4, -0.2) is 36.4 Å². The molecule has 0 aliphatic carbocycles. The number of aliphatic hydroxyl groups is 1. The average molecular weight is 395 g/mol. The van der Waals surface area contributed by atoms with Gasteiger partial charge in [0.05, 0.1) is 24.6 Å². The molecule has 0 aromatic rings. The molecule has 0 heterocycles. The van der Waals surface area contributed by atoms with Crippen molar-refractivity contribution in [2.45, 2.75) is 111 Å². The van der Waals surface area contributed by atoms with Gasteiger partial charge in [-0.2, -0.15) is 0 Å². The summed E-state index contributed by atoms with van der Waals surface area (Å²) < 4.78 is 0. The standard InChI is InChI=1S/C22H48OP.ClH/c1-4-7-19-24(20-8-5-2,21-9-6-3)22-17-15-13-11-10-12-14-16-18-23;/h23H,4-22H2,1-3H3;1H/q+1;/p-1.